The molecule has 1 aromatic carbocycles. The SMILES string of the molecule is O=C(C[N+]12CCC(CC1)[C@@H](OC(=O)C(c1ccccc1)N1CCCCC1)C2)c1cccs1.O=C(O)C(F)(F)F.O=C([O-])C(F)(F)F. The molecule has 1 aromatic heterocycles. The lowest BCUT2D eigenvalue weighted by Gasteiger charge is -2.51. The lowest BCUT2D eigenvalue weighted by Crippen LogP contribution is -2.65. The van der Waals surface area contributed by atoms with E-state index in [2.05, 4.69) is 4.90 Å². The third-order valence-electron chi connectivity index (χ3n) is 8.15. The number of Topliss-reactive ketones (excluding diaryl/α,β-unsaturated/α-hetero) is 1. The van der Waals surface area contributed by atoms with Crippen molar-refractivity contribution in [3.05, 3.63) is 58.3 Å². The van der Waals surface area contributed by atoms with Gasteiger partial charge in [-0.2, -0.15) is 26.3 Å². The lowest BCUT2D eigenvalue weighted by atomic mass is 9.83. The van der Waals surface area contributed by atoms with Gasteiger partial charge in [0.1, 0.15) is 25.1 Å². The maximum Gasteiger partial charge on any atom is 0.490 e. The van der Waals surface area contributed by atoms with Crippen LogP contribution in [0.5, 0.6) is 0 Å². The molecule has 46 heavy (non-hydrogen) atoms. The minimum Gasteiger partial charge on any atom is -0.542 e. The van der Waals surface area contributed by atoms with E-state index in [4.69, 9.17) is 24.5 Å². The molecule has 0 saturated carbocycles. The first-order chi connectivity index (χ1) is 21.5. The highest BCUT2D eigenvalue weighted by Crippen LogP contribution is 2.37. The average molecular weight is 681 g/mol. The Hall–Kier alpha value is -3.50. The van der Waals surface area contributed by atoms with E-state index in [0.717, 1.165) is 73.3 Å². The minimum atomic E-state index is -5.19. The van der Waals surface area contributed by atoms with Gasteiger partial charge in [0, 0.05) is 18.8 Å². The Morgan fingerprint density at radius 3 is 1.98 bits per heavy atom. The molecule has 0 spiro atoms. The van der Waals surface area contributed by atoms with E-state index in [-0.39, 0.29) is 23.9 Å². The fraction of sp³-hybridized carbons (Fsp3) is 0.533. The zero-order valence-electron chi connectivity index (χ0n) is 24.6. The molecule has 9 nitrogen and oxygen atoms in total. The first-order valence-corrected chi connectivity index (χ1v) is 15.4. The number of alkyl halides is 6. The molecule has 0 aliphatic carbocycles. The van der Waals surface area contributed by atoms with Crippen LogP contribution in [0.4, 0.5) is 26.3 Å². The molecule has 1 N–H and O–H groups in total. The Bertz CT molecular complexity index is 1280. The van der Waals surface area contributed by atoms with E-state index in [9.17, 15) is 35.9 Å². The Morgan fingerprint density at radius 1 is 0.935 bits per heavy atom. The molecule has 16 heteroatoms. The van der Waals surface area contributed by atoms with Crippen molar-refractivity contribution in [2.45, 2.75) is 56.6 Å². The molecule has 1 unspecified atom stereocenters. The van der Waals surface area contributed by atoms with Crippen molar-refractivity contribution in [1.82, 2.24) is 4.90 Å². The van der Waals surface area contributed by atoms with E-state index in [1.54, 1.807) is 0 Å². The number of piperidine rings is 4. The summed E-state index contributed by atoms with van der Waals surface area (Å²) in [7, 11) is 0. The number of thiophene rings is 1. The predicted molar refractivity (Wildman–Crippen MR) is 150 cm³/mol. The first kappa shape index (κ1) is 37.0. The number of rotatable bonds is 7. The second-order valence-electron chi connectivity index (χ2n) is 11.3. The number of benzene rings is 1. The number of hydrogen-bond donors (Lipinski definition) is 1. The summed E-state index contributed by atoms with van der Waals surface area (Å²) in [6, 6.07) is 13.6. The highest BCUT2D eigenvalue weighted by molar-refractivity contribution is 7.12. The van der Waals surface area contributed by atoms with Crippen molar-refractivity contribution < 1.29 is 65.0 Å². The number of carbonyl (C=O) groups excluding carboxylic acids is 3. The molecule has 2 bridgehead atoms. The molecule has 0 radical (unpaired) electrons. The van der Waals surface area contributed by atoms with E-state index in [0.29, 0.717) is 12.5 Å². The van der Waals surface area contributed by atoms with Gasteiger partial charge in [-0.1, -0.05) is 42.8 Å². The highest BCUT2D eigenvalue weighted by atomic mass is 32.1. The summed E-state index contributed by atoms with van der Waals surface area (Å²) >= 11 is 1.52. The van der Waals surface area contributed by atoms with Crippen LogP contribution < -0.4 is 5.11 Å². The molecule has 2 aromatic rings. The van der Waals surface area contributed by atoms with Crippen LogP contribution in [0.25, 0.3) is 0 Å². The zero-order valence-corrected chi connectivity index (χ0v) is 25.4. The molecule has 4 saturated heterocycles. The van der Waals surface area contributed by atoms with Crippen LogP contribution in [-0.2, 0) is 19.1 Å². The number of esters is 1. The van der Waals surface area contributed by atoms with Crippen molar-refractivity contribution in [1.29, 1.82) is 0 Å². The normalized spacial score (nSPS) is 23.5. The summed E-state index contributed by atoms with van der Waals surface area (Å²) in [4.78, 5) is 47.2. The zero-order chi connectivity index (χ0) is 34.1. The van der Waals surface area contributed by atoms with Gasteiger partial charge in [-0.25, -0.2) is 9.59 Å². The maximum atomic E-state index is 13.6. The number of fused-ring (bicyclic) bond motifs is 3. The molecule has 4 aliphatic rings. The number of nitrogens with zero attached hydrogens (tertiary/aromatic N) is 2. The van der Waals surface area contributed by atoms with Gasteiger partial charge in [0.05, 0.1) is 18.0 Å². The van der Waals surface area contributed by atoms with Crippen LogP contribution in [-0.4, -0.2) is 95.9 Å². The Morgan fingerprint density at radius 2 is 1.50 bits per heavy atom. The van der Waals surface area contributed by atoms with Crippen LogP contribution in [0.3, 0.4) is 0 Å². The average Bonchev–Trinajstić information content (AvgIpc) is 3.54. The second-order valence-corrected chi connectivity index (χ2v) is 12.3. The van der Waals surface area contributed by atoms with Crippen LogP contribution in [0, 0.1) is 5.92 Å². The maximum absolute atomic E-state index is 13.6. The number of aliphatic carboxylic acids is 2. The second kappa shape index (κ2) is 15.9. The summed E-state index contributed by atoms with van der Waals surface area (Å²) in [5.74, 6) is -5.23. The summed E-state index contributed by atoms with van der Waals surface area (Å²) < 4.78 is 70.3. The summed E-state index contributed by atoms with van der Waals surface area (Å²) in [5, 5.41) is 17.9. The minimum absolute atomic E-state index is 0.0860. The van der Waals surface area contributed by atoms with Gasteiger partial charge < -0.3 is 24.2 Å². The molecule has 0 amide bonds. The Labute approximate surface area is 264 Å². The highest BCUT2D eigenvalue weighted by Gasteiger charge is 2.49. The third kappa shape index (κ3) is 10.5. The molecule has 4 fully saturated rings. The lowest BCUT2D eigenvalue weighted by molar-refractivity contribution is -0.938. The van der Waals surface area contributed by atoms with E-state index in [1.807, 2.05) is 47.8 Å². The molecule has 4 aliphatic heterocycles. The number of ketones is 1. The predicted octanol–water partition coefficient (Wildman–Crippen LogP) is 4.24. The monoisotopic (exact) mass is 680 g/mol. The largest absolute Gasteiger partial charge is 0.542 e. The van der Waals surface area contributed by atoms with Gasteiger partial charge in [0.25, 0.3) is 0 Å². The van der Waals surface area contributed by atoms with Gasteiger partial charge in [0.15, 0.2) is 6.10 Å². The quantitative estimate of drug-likeness (QED) is 0.200. The number of carboxylic acid groups (broad SMARTS) is 2. The van der Waals surface area contributed by atoms with Crippen LogP contribution in [0.15, 0.2) is 47.8 Å². The van der Waals surface area contributed by atoms with Crippen LogP contribution in [0.2, 0.25) is 0 Å². The number of likely N-dealkylation sites (tertiary alicyclic amines) is 1. The fourth-order valence-electron chi connectivity index (χ4n) is 5.92. The number of quaternary nitrogens is 1. The molecular formula is C30H34F6N2O7S. The standard InChI is InChI=1S/C26H33N2O3S.2C2HF3O2/c29-22(24-10-7-17-32-24)18-28-15-11-20(12-16-28)23(19-28)31-26(30)25(21-8-3-1-4-9-21)27-13-5-2-6-14-27;2*3-2(4,5)1(6)7/h1,3-4,7-10,17,20,23,25H,2,5-6,11-16,18-19H2;2*(H,6,7)/q+1;;/p-1/t20?,23-,25?,28?;;/m0../s1. The van der Waals surface area contributed by atoms with Gasteiger partial charge >= 0.3 is 24.3 Å². The Balaban J connectivity index is 0.000000345. The summed E-state index contributed by atoms with van der Waals surface area (Å²) in [6.45, 7) is 5.22. The molecule has 5 heterocycles. The number of ether oxygens (including phenoxy) is 1. The van der Waals surface area contributed by atoms with E-state index < -0.39 is 24.3 Å². The smallest absolute Gasteiger partial charge is 0.490 e. The van der Waals surface area contributed by atoms with Crippen molar-refractivity contribution in [2.75, 3.05) is 39.3 Å². The van der Waals surface area contributed by atoms with E-state index >= 15 is 0 Å². The molecule has 2 atom stereocenters. The van der Waals surface area contributed by atoms with E-state index in [1.165, 1.54) is 17.8 Å². The van der Waals surface area contributed by atoms with Gasteiger partial charge in [-0.3, -0.25) is 9.69 Å². The van der Waals surface area contributed by atoms with Gasteiger partial charge in [-0.05, 0) is 42.9 Å². The van der Waals surface area contributed by atoms with Gasteiger partial charge in [-0.15, -0.1) is 11.3 Å². The van der Waals surface area contributed by atoms with Crippen LogP contribution >= 0.6 is 11.3 Å². The first-order valence-electron chi connectivity index (χ1n) is 14.5. The number of hydrogen-bond acceptors (Lipinski definition) is 8. The topological polar surface area (TPSA) is 124 Å². The molecular weight excluding hydrogens is 646 g/mol. The van der Waals surface area contributed by atoms with Crippen molar-refractivity contribution in [3.8, 4) is 0 Å². The fourth-order valence-corrected chi connectivity index (χ4v) is 6.57. The summed E-state index contributed by atoms with van der Waals surface area (Å²) in [5.41, 5.74) is 1.03. The van der Waals surface area contributed by atoms with Crippen LogP contribution in [0.1, 0.15) is 53.4 Å². The Kier molecular flexibility index (Phi) is 12.7. The summed E-state index contributed by atoms with van der Waals surface area (Å²) in [6.07, 6.45) is -4.79. The number of halogens is 6. The van der Waals surface area contributed by atoms with Crippen molar-refractivity contribution >= 4 is 35.0 Å². The third-order valence-corrected chi connectivity index (χ3v) is 9.06. The molecule has 6 rings (SSSR count). The van der Waals surface area contributed by atoms with Crippen molar-refractivity contribution in [2.24, 2.45) is 5.92 Å². The van der Waals surface area contributed by atoms with Crippen molar-refractivity contribution in [3.63, 3.8) is 0 Å². The molecule has 254 valence electrons. The number of carboxylic acids is 2. The number of carbonyl (C=O) groups is 4. The van der Waals surface area contributed by atoms with Gasteiger partial charge in [0.2, 0.25) is 5.78 Å².